The fourth-order valence-corrected chi connectivity index (χ4v) is 4.88. The Bertz CT molecular complexity index is 692. The highest BCUT2D eigenvalue weighted by Crippen LogP contribution is 2.56. The first kappa shape index (κ1) is 15.6. The summed E-state index contributed by atoms with van der Waals surface area (Å²) in [6, 6.07) is 6.89. The first-order valence-electron chi connectivity index (χ1n) is 8.45. The molecule has 0 unspecified atom stereocenters. The number of carbonyl (C=O) groups excluding carboxylic acids is 3. The van der Waals surface area contributed by atoms with Gasteiger partial charge in [-0.15, -0.1) is 0 Å². The summed E-state index contributed by atoms with van der Waals surface area (Å²) < 4.78 is 0. The minimum Gasteiger partial charge on any atom is -0.326 e. The van der Waals surface area contributed by atoms with Crippen molar-refractivity contribution in [2.75, 3.05) is 11.9 Å². The molecule has 1 aromatic rings. The van der Waals surface area contributed by atoms with Crippen LogP contribution in [0.1, 0.15) is 25.7 Å². The predicted octanol–water partition coefficient (Wildman–Crippen LogP) is 2.70. The topological polar surface area (TPSA) is 66.5 Å². The number of halogens is 1. The van der Waals surface area contributed by atoms with Crippen LogP contribution in [0.4, 0.5) is 5.69 Å². The number of nitrogens with one attached hydrogen (secondary N) is 1. The van der Waals surface area contributed by atoms with Crippen molar-refractivity contribution in [2.24, 2.45) is 23.7 Å². The lowest BCUT2D eigenvalue weighted by atomic mass is 9.81. The SMILES string of the molecule is O=C(CCN1C(=O)[C@H]2[C@@H]3CC[C@@H](C3)[C@@H]2C1=O)Nc1cccc(Cl)c1. The summed E-state index contributed by atoms with van der Waals surface area (Å²) >= 11 is 5.89. The predicted molar refractivity (Wildman–Crippen MR) is 89.2 cm³/mol. The number of benzene rings is 1. The molecule has 2 saturated carbocycles. The molecule has 4 atom stereocenters. The molecule has 0 radical (unpaired) electrons. The van der Waals surface area contributed by atoms with Gasteiger partial charge < -0.3 is 5.32 Å². The van der Waals surface area contributed by atoms with Gasteiger partial charge in [-0.05, 0) is 49.3 Å². The molecular formula is C18H19ClN2O3. The van der Waals surface area contributed by atoms with E-state index in [0.717, 1.165) is 19.3 Å². The second-order valence-electron chi connectivity index (χ2n) is 7.02. The van der Waals surface area contributed by atoms with Gasteiger partial charge in [0.05, 0.1) is 11.8 Å². The molecular weight excluding hydrogens is 328 g/mol. The summed E-state index contributed by atoms with van der Waals surface area (Å²) in [6.07, 6.45) is 3.26. The molecule has 0 aromatic heterocycles. The summed E-state index contributed by atoms with van der Waals surface area (Å²) in [5, 5.41) is 3.29. The summed E-state index contributed by atoms with van der Waals surface area (Å²) in [6.45, 7) is 0.163. The van der Waals surface area contributed by atoms with Gasteiger partial charge in [0.15, 0.2) is 0 Å². The maximum atomic E-state index is 12.6. The second kappa shape index (κ2) is 5.88. The van der Waals surface area contributed by atoms with Crippen LogP contribution in [0.15, 0.2) is 24.3 Å². The van der Waals surface area contributed by atoms with Crippen molar-refractivity contribution in [3.63, 3.8) is 0 Å². The van der Waals surface area contributed by atoms with E-state index in [-0.39, 0.29) is 42.5 Å². The third-order valence-corrected chi connectivity index (χ3v) is 5.92. The van der Waals surface area contributed by atoms with Crippen molar-refractivity contribution in [1.82, 2.24) is 4.90 Å². The van der Waals surface area contributed by atoms with Crippen LogP contribution in [-0.2, 0) is 14.4 Å². The molecule has 5 nitrogen and oxygen atoms in total. The molecule has 1 aliphatic heterocycles. The summed E-state index contributed by atoms with van der Waals surface area (Å²) in [7, 11) is 0. The number of rotatable bonds is 4. The molecule has 1 saturated heterocycles. The zero-order valence-electron chi connectivity index (χ0n) is 13.2. The number of hydrogen-bond donors (Lipinski definition) is 1. The van der Waals surface area contributed by atoms with E-state index in [4.69, 9.17) is 11.6 Å². The summed E-state index contributed by atoms with van der Waals surface area (Å²) in [5.41, 5.74) is 0.612. The van der Waals surface area contributed by atoms with E-state index < -0.39 is 0 Å². The Morgan fingerprint density at radius 3 is 2.46 bits per heavy atom. The van der Waals surface area contributed by atoms with Crippen LogP contribution < -0.4 is 5.32 Å². The molecule has 24 heavy (non-hydrogen) atoms. The van der Waals surface area contributed by atoms with Gasteiger partial charge in [0, 0.05) is 23.7 Å². The molecule has 2 bridgehead atoms. The van der Waals surface area contributed by atoms with E-state index >= 15 is 0 Å². The Labute approximate surface area is 145 Å². The van der Waals surface area contributed by atoms with Crippen LogP contribution in [0.5, 0.6) is 0 Å². The second-order valence-corrected chi connectivity index (χ2v) is 7.46. The minimum absolute atomic E-state index is 0.0623. The molecule has 2 aliphatic carbocycles. The average molecular weight is 347 g/mol. The maximum absolute atomic E-state index is 12.6. The van der Waals surface area contributed by atoms with Crippen molar-refractivity contribution < 1.29 is 14.4 Å². The highest BCUT2D eigenvalue weighted by molar-refractivity contribution is 6.30. The maximum Gasteiger partial charge on any atom is 0.233 e. The first-order chi connectivity index (χ1) is 11.5. The highest BCUT2D eigenvalue weighted by Gasteiger charge is 2.60. The number of hydrogen-bond acceptors (Lipinski definition) is 3. The zero-order chi connectivity index (χ0) is 16.8. The van der Waals surface area contributed by atoms with Crippen molar-refractivity contribution in [1.29, 1.82) is 0 Å². The van der Waals surface area contributed by atoms with Crippen LogP contribution in [0, 0.1) is 23.7 Å². The average Bonchev–Trinajstić information content (AvgIpc) is 3.20. The van der Waals surface area contributed by atoms with E-state index in [2.05, 4.69) is 5.32 Å². The quantitative estimate of drug-likeness (QED) is 0.852. The van der Waals surface area contributed by atoms with Crippen molar-refractivity contribution in [3.8, 4) is 0 Å². The minimum atomic E-state index is -0.224. The highest BCUT2D eigenvalue weighted by atomic mass is 35.5. The Morgan fingerprint density at radius 2 is 1.83 bits per heavy atom. The van der Waals surface area contributed by atoms with Gasteiger partial charge in [0.2, 0.25) is 17.7 Å². The van der Waals surface area contributed by atoms with E-state index in [1.807, 2.05) is 0 Å². The summed E-state index contributed by atoms with van der Waals surface area (Å²) in [4.78, 5) is 38.5. The number of imide groups is 1. The molecule has 0 spiro atoms. The lowest BCUT2D eigenvalue weighted by molar-refractivity contribution is -0.140. The van der Waals surface area contributed by atoms with Gasteiger partial charge in [-0.3, -0.25) is 19.3 Å². The Morgan fingerprint density at radius 1 is 1.17 bits per heavy atom. The van der Waals surface area contributed by atoms with Crippen molar-refractivity contribution >= 4 is 35.0 Å². The third kappa shape index (κ3) is 2.51. The fourth-order valence-electron chi connectivity index (χ4n) is 4.69. The number of likely N-dealkylation sites (tertiary alicyclic amines) is 1. The Kier molecular flexibility index (Phi) is 3.83. The molecule has 3 aliphatic rings. The molecule has 126 valence electrons. The largest absolute Gasteiger partial charge is 0.326 e. The van der Waals surface area contributed by atoms with Gasteiger partial charge in [-0.2, -0.15) is 0 Å². The van der Waals surface area contributed by atoms with Crippen LogP contribution in [-0.4, -0.2) is 29.2 Å². The number of carbonyl (C=O) groups is 3. The van der Waals surface area contributed by atoms with Gasteiger partial charge >= 0.3 is 0 Å². The van der Waals surface area contributed by atoms with Gasteiger partial charge in [-0.25, -0.2) is 0 Å². The number of fused-ring (bicyclic) bond motifs is 5. The van der Waals surface area contributed by atoms with Gasteiger partial charge in [0.1, 0.15) is 0 Å². The molecule has 3 fully saturated rings. The van der Waals surface area contributed by atoms with E-state index in [9.17, 15) is 14.4 Å². The van der Waals surface area contributed by atoms with Crippen LogP contribution >= 0.6 is 11.6 Å². The normalized spacial score (nSPS) is 30.8. The molecule has 1 aromatic carbocycles. The fraction of sp³-hybridized carbons (Fsp3) is 0.500. The first-order valence-corrected chi connectivity index (χ1v) is 8.83. The third-order valence-electron chi connectivity index (χ3n) is 5.69. The zero-order valence-corrected chi connectivity index (χ0v) is 14.0. The van der Waals surface area contributed by atoms with E-state index in [1.54, 1.807) is 24.3 Å². The molecule has 6 heteroatoms. The van der Waals surface area contributed by atoms with E-state index in [1.165, 1.54) is 4.90 Å². The van der Waals surface area contributed by atoms with Crippen LogP contribution in [0.2, 0.25) is 5.02 Å². The number of nitrogens with zero attached hydrogens (tertiary/aromatic N) is 1. The smallest absolute Gasteiger partial charge is 0.233 e. The van der Waals surface area contributed by atoms with Crippen LogP contribution in [0.3, 0.4) is 0 Å². The Hall–Kier alpha value is -1.88. The summed E-state index contributed by atoms with van der Waals surface area (Å²) in [5.74, 6) is 0.168. The van der Waals surface area contributed by atoms with E-state index in [0.29, 0.717) is 22.5 Å². The molecule has 1 N–H and O–H groups in total. The molecule has 4 rings (SSSR count). The lowest BCUT2D eigenvalue weighted by Crippen LogP contribution is -2.35. The van der Waals surface area contributed by atoms with Crippen molar-refractivity contribution in [3.05, 3.63) is 29.3 Å². The standard InChI is InChI=1S/C18H19ClN2O3/c19-12-2-1-3-13(9-12)20-14(22)6-7-21-17(23)15-10-4-5-11(8-10)16(15)18(21)24/h1-3,9-11,15-16H,4-8H2,(H,20,22)/t10-,11+,15-,16-/m0/s1. The lowest BCUT2D eigenvalue weighted by Gasteiger charge is -2.19. The van der Waals surface area contributed by atoms with Crippen LogP contribution in [0.25, 0.3) is 0 Å². The van der Waals surface area contributed by atoms with Crippen molar-refractivity contribution in [2.45, 2.75) is 25.7 Å². The van der Waals surface area contributed by atoms with Gasteiger partial charge in [-0.1, -0.05) is 17.7 Å². The number of amides is 3. The number of anilines is 1. The Balaban J connectivity index is 1.37. The van der Waals surface area contributed by atoms with Gasteiger partial charge in [0.25, 0.3) is 0 Å². The molecule has 3 amide bonds. The monoisotopic (exact) mass is 346 g/mol. The molecule has 1 heterocycles.